The van der Waals surface area contributed by atoms with E-state index < -0.39 is 5.54 Å². The van der Waals surface area contributed by atoms with Crippen molar-refractivity contribution >= 4 is 17.7 Å². The number of fused-ring (bicyclic) bond motifs is 1. The quantitative estimate of drug-likeness (QED) is 0.726. The van der Waals surface area contributed by atoms with Gasteiger partial charge in [0.15, 0.2) is 5.69 Å². The van der Waals surface area contributed by atoms with Gasteiger partial charge in [-0.05, 0) is 24.8 Å². The first-order chi connectivity index (χ1) is 14.2. The fourth-order valence-corrected chi connectivity index (χ4v) is 3.37. The molecule has 3 amide bonds. The van der Waals surface area contributed by atoms with Gasteiger partial charge in [-0.2, -0.15) is 5.10 Å². The molecule has 1 aromatic carbocycles. The highest BCUT2D eigenvalue weighted by atomic mass is 16.2. The van der Waals surface area contributed by atoms with Crippen molar-refractivity contribution in [3.63, 3.8) is 0 Å². The molecule has 0 saturated heterocycles. The number of amides is 3. The van der Waals surface area contributed by atoms with Crippen LogP contribution in [-0.4, -0.2) is 51.5 Å². The zero-order valence-corrected chi connectivity index (χ0v) is 17.9. The number of carbonyl (C=O) groups is 3. The van der Waals surface area contributed by atoms with Crippen LogP contribution in [0.15, 0.2) is 36.4 Å². The highest BCUT2D eigenvalue weighted by Gasteiger charge is 2.46. The molecule has 3 rings (SSSR count). The van der Waals surface area contributed by atoms with Crippen LogP contribution in [0.1, 0.15) is 53.7 Å². The van der Waals surface area contributed by atoms with E-state index in [1.807, 2.05) is 30.3 Å². The standard InChI is InChI=1S/C22H29N5O3/c1-15(2)10-11-23-21(30)22(3)14-27-18(20(29)26(22)4)12-17(25-27)19(28)24-13-16-8-6-5-7-9-16/h5-9,12,15H,10-11,13-14H2,1-4H3,(H,23,30)(H,24,28)/t22-/m0/s1. The SMILES string of the molecule is CC(C)CCNC(=O)[C@]1(C)Cn2nc(C(=O)NCc3ccccc3)cc2C(=O)N1C. The maximum atomic E-state index is 12.9. The van der Waals surface area contributed by atoms with Crippen LogP contribution in [-0.2, 0) is 17.9 Å². The first-order valence-electron chi connectivity index (χ1n) is 10.2. The monoisotopic (exact) mass is 411 g/mol. The predicted octanol–water partition coefficient (Wildman–Crippen LogP) is 1.82. The first-order valence-corrected chi connectivity index (χ1v) is 10.2. The smallest absolute Gasteiger partial charge is 0.272 e. The van der Waals surface area contributed by atoms with Crippen molar-refractivity contribution in [1.29, 1.82) is 0 Å². The number of aromatic nitrogens is 2. The molecular formula is C22H29N5O3. The fraction of sp³-hybridized carbons (Fsp3) is 0.455. The number of likely N-dealkylation sites (N-methyl/N-ethyl adjacent to an activating group) is 1. The number of benzene rings is 1. The van der Waals surface area contributed by atoms with Crippen LogP contribution < -0.4 is 10.6 Å². The molecule has 0 unspecified atom stereocenters. The minimum atomic E-state index is -1.08. The van der Waals surface area contributed by atoms with Crippen molar-refractivity contribution < 1.29 is 14.4 Å². The lowest BCUT2D eigenvalue weighted by molar-refractivity contribution is -0.132. The van der Waals surface area contributed by atoms with Gasteiger partial charge in [-0.3, -0.25) is 19.1 Å². The summed E-state index contributed by atoms with van der Waals surface area (Å²) in [5.74, 6) is -0.453. The molecule has 0 fully saturated rings. The topological polar surface area (TPSA) is 96.3 Å². The van der Waals surface area contributed by atoms with Gasteiger partial charge in [0, 0.05) is 26.2 Å². The third-order valence-electron chi connectivity index (χ3n) is 5.53. The maximum Gasteiger partial charge on any atom is 0.272 e. The second kappa shape index (κ2) is 8.69. The second-order valence-electron chi connectivity index (χ2n) is 8.32. The van der Waals surface area contributed by atoms with Crippen molar-refractivity contribution in [3.8, 4) is 0 Å². The largest absolute Gasteiger partial charge is 0.354 e. The number of rotatable bonds is 7. The van der Waals surface area contributed by atoms with Gasteiger partial charge in [-0.1, -0.05) is 44.2 Å². The first kappa shape index (κ1) is 21.5. The van der Waals surface area contributed by atoms with Crippen molar-refractivity contribution in [2.75, 3.05) is 13.6 Å². The Morgan fingerprint density at radius 1 is 1.20 bits per heavy atom. The normalized spacial score (nSPS) is 18.3. The summed E-state index contributed by atoms with van der Waals surface area (Å²) in [6.07, 6.45) is 0.859. The van der Waals surface area contributed by atoms with Crippen molar-refractivity contribution in [1.82, 2.24) is 25.3 Å². The van der Waals surface area contributed by atoms with E-state index in [1.165, 1.54) is 15.6 Å². The number of hydrogen-bond donors (Lipinski definition) is 2. The van der Waals surface area contributed by atoms with Crippen LogP contribution in [0.4, 0.5) is 0 Å². The van der Waals surface area contributed by atoms with E-state index >= 15 is 0 Å². The number of hydrogen-bond acceptors (Lipinski definition) is 4. The average molecular weight is 412 g/mol. The summed E-state index contributed by atoms with van der Waals surface area (Å²) in [7, 11) is 1.61. The lowest BCUT2D eigenvalue weighted by atomic mass is 9.95. The Labute approximate surface area is 176 Å². The molecule has 0 bridgehead atoms. The maximum absolute atomic E-state index is 12.9. The number of nitrogens with one attached hydrogen (secondary N) is 2. The molecule has 8 heteroatoms. The summed E-state index contributed by atoms with van der Waals surface area (Å²) in [5.41, 5.74) is 0.350. The molecule has 8 nitrogen and oxygen atoms in total. The van der Waals surface area contributed by atoms with Gasteiger partial charge in [0.05, 0.1) is 6.54 Å². The van der Waals surface area contributed by atoms with Crippen molar-refractivity contribution in [3.05, 3.63) is 53.3 Å². The van der Waals surface area contributed by atoms with Crippen LogP contribution in [0.25, 0.3) is 0 Å². The summed E-state index contributed by atoms with van der Waals surface area (Å²) in [5, 5.41) is 10.0. The molecule has 1 aromatic heterocycles. The number of carbonyl (C=O) groups excluding carboxylic acids is 3. The van der Waals surface area contributed by atoms with Gasteiger partial charge in [-0.25, -0.2) is 0 Å². The Hall–Kier alpha value is -3.16. The molecule has 2 heterocycles. The molecule has 30 heavy (non-hydrogen) atoms. The Morgan fingerprint density at radius 2 is 1.90 bits per heavy atom. The van der Waals surface area contributed by atoms with Gasteiger partial charge >= 0.3 is 0 Å². The van der Waals surface area contributed by atoms with Crippen molar-refractivity contribution in [2.24, 2.45) is 5.92 Å². The van der Waals surface area contributed by atoms with E-state index in [0.29, 0.717) is 24.7 Å². The van der Waals surface area contributed by atoms with E-state index in [4.69, 9.17) is 0 Å². The van der Waals surface area contributed by atoms with E-state index in [-0.39, 0.29) is 30.0 Å². The molecule has 0 spiro atoms. The zero-order valence-electron chi connectivity index (χ0n) is 17.9. The molecular weight excluding hydrogens is 382 g/mol. The summed E-state index contributed by atoms with van der Waals surface area (Å²) in [6.45, 7) is 6.99. The van der Waals surface area contributed by atoms with E-state index in [2.05, 4.69) is 29.6 Å². The van der Waals surface area contributed by atoms with Gasteiger partial charge in [0.2, 0.25) is 5.91 Å². The van der Waals surface area contributed by atoms with E-state index in [9.17, 15) is 14.4 Å². The third-order valence-corrected chi connectivity index (χ3v) is 5.53. The van der Waals surface area contributed by atoms with Gasteiger partial charge in [-0.15, -0.1) is 0 Å². The number of nitrogens with zero attached hydrogens (tertiary/aromatic N) is 3. The Balaban J connectivity index is 1.73. The minimum absolute atomic E-state index is 0.159. The molecule has 0 saturated carbocycles. The molecule has 1 aliphatic heterocycles. The molecule has 0 radical (unpaired) electrons. The zero-order chi connectivity index (χ0) is 21.9. The molecule has 1 atom stereocenters. The lowest BCUT2D eigenvalue weighted by Crippen LogP contribution is -2.62. The third kappa shape index (κ3) is 4.37. The molecule has 1 aliphatic rings. The summed E-state index contributed by atoms with van der Waals surface area (Å²) in [4.78, 5) is 39.7. The average Bonchev–Trinajstić information content (AvgIpc) is 3.14. The molecule has 2 aromatic rings. The van der Waals surface area contributed by atoms with Gasteiger partial charge < -0.3 is 15.5 Å². The lowest BCUT2D eigenvalue weighted by Gasteiger charge is -2.40. The van der Waals surface area contributed by atoms with Gasteiger partial charge in [0.25, 0.3) is 11.8 Å². The van der Waals surface area contributed by atoms with Gasteiger partial charge in [0.1, 0.15) is 11.2 Å². The summed E-state index contributed by atoms with van der Waals surface area (Å²) >= 11 is 0. The van der Waals surface area contributed by atoms with Crippen LogP contribution in [0.2, 0.25) is 0 Å². The Bertz CT molecular complexity index is 938. The highest BCUT2D eigenvalue weighted by Crippen LogP contribution is 2.26. The molecule has 0 aliphatic carbocycles. The van der Waals surface area contributed by atoms with Crippen LogP contribution >= 0.6 is 0 Å². The molecule has 2 N–H and O–H groups in total. The summed E-state index contributed by atoms with van der Waals surface area (Å²) < 4.78 is 1.46. The summed E-state index contributed by atoms with van der Waals surface area (Å²) in [6, 6.07) is 11.0. The van der Waals surface area contributed by atoms with E-state index in [1.54, 1.807) is 14.0 Å². The van der Waals surface area contributed by atoms with Crippen LogP contribution in [0.5, 0.6) is 0 Å². The minimum Gasteiger partial charge on any atom is -0.354 e. The van der Waals surface area contributed by atoms with E-state index in [0.717, 1.165) is 12.0 Å². The van der Waals surface area contributed by atoms with Crippen molar-refractivity contribution in [2.45, 2.75) is 45.8 Å². The van der Waals surface area contributed by atoms with Crippen LogP contribution in [0.3, 0.4) is 0 Å². The fourth-order valence-electron chi connectivity index (χ4n) is 3.37. The Kier molecular flexibility index (Phi) is 6.24. The predicted molar refractivity (Wildman–Crippen MR) is 113 cm³/mol. The second-order valence-corrected chi connectivity index (χ2v) is 8.32. The van der Waals surface area contributed by atoms with Crippen LogP contribution in [0, 0.1) is 5.92 Å². The Morgan fingerprint density at radius 3 is 2.57 bits per heavy atom. The highest BCUT2D eigenvalue weighted by molar-refractivity contribution is 6.01. The molecule has 160 valence electrons.